The quantitative estimate of drug-likeness (QED) is 0.265. The standard InChI is InChI=1S/C28H36N2O6/c1-26(2,3)34-14-13-28(5)22(35-28)11-12-27(4)23(36-27)16-30-20-15-17(31)9-10-19(20)29-24-18(25(30)33)7-6-8-21(24)32/h6-10,15,22-23,29,31-32H,11-14,16H2,1-5H3. The van der Waals surface area contributed by atoms with Crippen molar-refractivity contribution < 1.29 is 29.2 Å². The second-order valence-electron chi connectivity index (χ2n) is 11.5. The van der Waals surface area contributed by atoms with Gasteiger partial charge in [0.2, 0.25) is 0 Å². The van der Waals surface area contributed by atoms with Crippen LogP contribution in [0.5, 0.6) is 11.5 Å². The molecule has 36 heavy (non-hydrogen) atoms. The van der Waals surface area contributed by atoms with Gasteiger partial charge in [-0.3, -0.25) is 4.79 Å². The van der Waals surface area contributed by atoms with Gasteiger partial charge in [-0.15, -0.1) is 0 Å². The van der Waals surface area contributed by atoms with Gasteiger partial charge >= 0.3 is 0 Å². The van der Waals surface area contributed by atoms with Gasteiger partial charge in [-0.05, 0) is 71.7 Å². The summed E-state index contributed by atoms with van der Waals surface area (Å²) in [5.74, 6) is -0.203. The summed E-state index contributed by atoms with van der Waals surface area (Å²) in [4.78, 5) is 15.2. The maximum atomic E-state index is 13.6. The first-order valence-electron chi connectivity index (χ1n) is 12.6. The predicted molar refractivity (Wildman–Crippen MR) is 137 cm³/mol. The van der Waals surface area contributed by atoms with Crippen LogP contribution in [0.2, 0.25) is 0 Å². The molecule has 4 unspecified atom stereocenters. The van der Waals surface area contributed by atoms with E-state index in [0.29, 0.717) is 35.8 Å². The zero-order valence-corrected chi connectivity index (χ0v) is 21.6. The number of para-hydroxylation sites is 1. The highest BCUT2D eigenvalue weighted by Crippen LogP contribution is 2.49. The number of fused-ring (bicyclic) bond motifs is 2. The molecule has 2 fully saturated rings. The highest BCUT2D eigenvalue weighted by molar-refractivity contribution is 6.14. The first-order chi connectivity index (χ1) is 16.9. The summed E-state index contributed by atoms with van der Waals surface area (Å²) in [6.45, 7) is 11.4. The number of rotatable bonds is 8. The van der Waals surface area contributed by atoms with Crippen LogP contribution >= 0.6 is 0 Å². The molecule has 3 N–H and O–H groups in total. The number of carbonyl (C=O) groups excluding carboxylic acids is 1. The second kappa shape index (κ2) is 8.64. The van der Waals surface area contributed by atoms with E-state index in [2.05, 4.69) is 39.9 Å². The molecule has 0 spiro atoms. The number of aromatic hydroxyl groups is 2. The van der Waals surface area contributed by atoms with Crippen molar-refractivity contribution in [2.24, 2.45) is 0 Å². The van der Waals surface area contributed by atoms with Crippen LogP contribution in [0, 0.1) is 0 Å². The Morgan fingerprint density at radius 3 is 2.53 bits per heavy atom. The number of epoxide rings is 2. The number of phenols is 2. The number of hydrogen-bond donors (Lipinski definition) is 3. The predicted octanol–water partition coefficient (Wildman–Crippen LogP) is 5.10. The van der Waals surface area contributed by atoms with Crippen LogP contribution in [-0.4, -0.2) is 58.3 Å². The average Bonchev–Trinajstić information content (AvgIpc) is 3.66. The number of ether oxygens (including phenoxy) is 3. The molecule has 5 rings (SSSR count). The number of anilines is 3. The number of amides is 1. The molecular weight excluding hydrogens is 460 g/mol. The number of phenolic OH excluding ortho intramolecular Hbond substituents is 2. The zero-order chi connectivity index (χ0) is 25.9. The van der Waals surface area contributed by atoms with Crippen molar-refractivity contribution in [3.8, 4) is 11.5 Å². The third kappa shape index (κ3) is 4.90. The van der Waals surface area contributed by atoms with Crippen molar-refractivity contribution in [2.75, 3.05) is 23.4 Å². The van der Waals surface area contributed by atoms with E-state index in [4.69, 9.17) is 14.2 Å². The van der Waals surface area contributed by atoms with Gasteiger partial charge in [0.25, 0.3) is 5.91 Å². The van der Waals surface area contributed by atoms with Crippen molar-refractivity contribution in [1.29, 1.82) is 0 Å². The van der Waals surface area contributed by atoms with E-state index in [1.165, 1.54) is 0 Å². The molecule has 0 radical (unpaired) electrons. The van der Waals surface area contributed by atoms with E-state index >= 15 is 0 Å². The number of carbonyl (C=O) groups is 1. The molecular formula is C28H36N2O6. The van der Waals surface area contributed by atoms with Crippen LogP contribution in [0.15, 0.2) is 36.4 Å². The van der Waals surface area contributed by atoms with Gasteiger partial charge in [-0.2, -0.15) is 0 Å². The fourth-order valence-corrected chi connectivity index (χ4v) is 5.03. The Labute approximate surface area is 212 Å². The third-order valence-corrected chi connectivity index (χ3v) is 7.51. The lowest BCUT2D eigenvalue weighted by molar-refractivity contribution is -0.0106. The molecule has 0 aromatic heterocycles. The SMILES string of the molecule is CC(C)(C)OCCC1(C)OC1CCC1(C)OC1CN1C(=O)c2cccc(O)c2Nc2ccc(O)cc21. The smallest absolute Gasteiger partial charge is 0.260 e. The Bertz CT molecular complexity index is 1180. The topological polar surface area (TPSA) is 107 Å². The molecule has 194 valence electrons. The van der Waals surface area contributed by atoms with E-state index in [0.717, 1.165) is 19.3 Å². The van der Waals surface area contributed by atoms with Crippen LogP contribution < -0.4 is 10.2 Å². The molecule has 2 saturated heterocycles. The molecule has 3 aliphatic rings. The zero-order valence-electron chi connectivity index (χ0n) is 21.6. The van der Waals surface area contributed by atoms with E-state index in [9.17, 15) is 15.0 Å². The molecule has 8 nitrogen and oxygen atoms in total. The minimum atomic E-state index is -0.354. The number of nitrogens with one attached hydrogen (secondary N) is 1. The lowest BCUT2D eigenvalue weighted by atomic mass is 9.94. The minimum absolute atomic E-state index is 0.00498. The molecule has 2 aromatic carbocycles. The maximum absolute atomic E-state index is 13.6. The lowest BCUT2D eigenvalue weighted by Gasteiger charge is -2.23. The maximum Gasteiger partial charge on any atom is 0.260 e. The Morgan fingerprint density at radius 2 is 1.78 bits per heavy atom. The third-order valence-electron chi connectivity index (χ3n) is 7.51. The van der Waals surface area contributed by atoms with Gasteiger partial charge in [-0.25, -0.2) is 0 Å². The first-order valence-corrected chi connectivity index (χ1v) is 12.6. The van der Waals surface area contributed by atoms with Crippen molar-refractivity contribution in [3.05, 3.63) is 42.0 Å². The van der Waals surface area contributed by atoms with Gasteiger partial charge in [0.15, 0.2) is 0 Å². The van der Waals surface area contributed by atoms with Crippen LogP contribution in [0.1, 0.15) is 64.2 Å². The Hall–Kier alpha value is -2.81. The summed E-state index contributed by atoms with van der Waals surface area (Å²) in [6.07, 6.45) is 2.59. The highest BCUT2D eigenvalue weighted by atomic mass is 16.6. The van der Waals surface area contributed by atoms with Crippen LogP contribution in [0.4, 0.5) is 17.1 Å². The summed E-state index contributed by atoms with van der Waals surface area (Å²) in [5, 5.41) is 23.7. The number of hydrogen-bond acceptors (Lipinski definition) is 7. The van der Waals surface area contributed by atoms with Crippen LogP contribution in [-0.2, 0) is 14.2 Å². The van der Waals surface area contributed by atoms with E-state index < -0.39 is 0 Å². The Kier molecular flexibility index (Phi) is 5.97. The number of benzene rings is 2. The van der Waals surface area contributed by atoms with Crippen molar-refractivity contribution >= 4 is 23.0 Å². The minimum Gasteiger partial charge on any atom is -0.508 e. The molecule has 0 bridgehead atoms. The average molecular weight is 497 g/mol. The van der Waals surface area contributed by atoms with Gasteiger partial charge in [0.1, 0.15) is 17.6 Å². The summed E-state index contributed by atoms with van der Waals surface area (Å²) >= 11 is 0. The highest BCUT2D eigenvalue weighted by Gasteiger charge is 2.57. The van der Waals surface area contributed by atoms with Crippen LogP contribution in [0.3, 0.4) is 0 Å². The van der Waals surface area contributed by atoms with E-state index in [1.807, 2.05) is 0 Å². The van der Waals surface area contributed by atoms with Gasteiger partial charge < -0.3 is 34.6 Å². The van der Waals surface area contributed by atoms with Gasteiger partial charge in [0, 0.05) is 12.5 Å². The molecule has 3 aliphatic heterocycles. The Balaban J connectivity index is 1.25. The van der Waals surface area contributed by atoms with Crippen molar-refractivity contribution in [3.63, 3.8) is 0 Å². The molecule has 2 aromatic rings. The second-order valence-corrected chi connectivity index (χ2v) is 11.5. The molecule has 0 saturated carbocycles. The van der Waals surface area contributed by atoms with Crippen molar-refractivity contribution in [1.82, 2.24) is 0 Å². The first kappa shape index (κ1) is 24.9. The summed E-state index contributed by atoms with van der Waals surface area (Å²) < 4.78 is 18.0. The summed E-state index contributed by atoms with van der Waals surface area (Å²) in [7, 11) is 0. The van der Waals surface area contributed by atoms with Gasteiger partial charge in [-0.1, -0.05) is 6.07 Å². The molecule has 0 aliphatic carbocycles. The summed E-state index contributed by atoms with van der Waals surface area (Å²) in [5.41, 5.74) is 1.24. The normalized spacial score (nSPS) is 28.7. The van der Waals surface area contributed by atoms with E-state index in [-0.39, 0.29) is 46.4 Å². The largest absolute Gasteiger partial charge is 0.508 e. The molecule has 1 amide bonds. The molecule has 8 heteroatoms. The monoisotopic (exact) mass is 496 g/mol. The molecule has 3 heterocycles. The van der Waals surface area contributed by atoms with Crippen molar-refractivity contribution in [2.45, 2.75) is 82.9 Å². The Morgan fingerprint density at radius 1 is 1.06 bits per heavy atom. The van der Waals surface area contributed by atoms with Crippen LogP contribution in [0.25, 0.3) is 0 Å². The van der Waals surface area contributed by atoms with Gasteiger partial charge in [0.05, 0.1) is 58.7 Å². The fraction of sp³-hybridized carbons (Fsp3) is 0.536. The lowest BCUT2D eigenvalue weighted by Crippen LogP contribution is -2.35. The van der Waals surface area contributed by atoms with E-state index in [1.54, 1.807) is 41.3 Å². The summed E-state index contributed by atoms with van der Waals surface area (Å²) in [6, 6.07) is 9.69. The molecule has 4 atom stereocenters. The number of nitrogens with zero attached hydrogens (tertiary/aromatic N) is 1. The fourth-order valence-electron chi connectivity index (χ4n) is 5.03.